The van der Waals surface area contributed by atoms with Crippen LogP contribution in [0.1, 0.15) is 35.2 Å². The maximum Gasteiger partial charge on any atom is 0.251 e. The third kappa shape index (κ3) is 3.81. The fraction of sp³-hybridized carbons (Fsp3) is 0.467. The van der Waals surface area contributed by atoms with E-state index in [1.807, 2.05) is 17.0 Å². The Morgan fingerprint density at radius 2 is 1.80 bits per heavy atom. The predicted molar refractivity (Wildman–Crippen MR) is 77.1 cm³/mol. The van der Waals surface area contributed by atoms with Crippen LogP contribution in [0.25, 0.3) is 0 Å². The number of hydrogen-bond donors (Lipinski definition) is 2. The lowest BCUT2D eigenvalue weighted by molar-refractivity contribution is -0.129. The average molecular weight is 275 g/mol. The molecule has 0 aliphatic carbocycles. The van der Waals surface area contributed by atoms with Crippen molar-refractivity contribution >= 4 is 11.8 Å². The highest BCUT2D eigenvalue weighted by molar-refractivity contribution is 5.94. The summed E-state index contributed by atoms with van der Waals surface area (Å²) in [5.74, 6) is -0.0240. The summed E-state index contributed by atoms with van der Waals surface area (Å²) < 4.78 is 0. The molecule has 1 saturated heterocycles. The minimum Gasteiger partial charge on any atom is -0.352 e. The fourth-order valence-electron chi connectivity index (χ4n) is 2.30. The monoisotopic (exact) mass is 275 g/mol. The Morgan fingerprint density at radius 1 is 1.15 bits per heavy atom. The molecule has 1 aliphatic rings. The Kier molecular flexibility index (Phi) is 5.12. The van der Waals surface area contributed by atoms with Crippen LogP contribution in [-0.2, 0) is 11.3 Å². The smallest absolute Gasteiger partial charge is 0.251 e. The van der Waals surface area contributed by atoms with Gasteiger partial charge in [-0.25, -0.2) is 0 Å². The molecule has 108 valence electrons. The van der Waals surface area contributed by atoms with Gasteiger partial charge in [0.15, 0.2) is 0 Å². The molecule has 2 amide bonds. The predicted octanol–water partition coefficient (Wildman–Crippen LogP) is 0.888. The van der Waals surface area contributed by atoms with Crippen molar-refractivity contribution in [3.8, 4) is 0 Å². The molecule has 0 saturated carbocycles. The molecule has 1 aromatic rings. The minimum atomic E-state index is -0.150. The van der Waals surface area contributed by atoms with Crippen LogP contribution in [0.15, 0.2) is 24.3 Å². The van der Waals surface area contributed by atoms with Gasteiger partial charge >= 0.3 is 0 Å². The molecule has 0 spiro atoms. The third-order valence-corrected chi connectivity index (χ3v) is 3.54. The van der Waals surface area contributed by atoms with Crippen molar-refractivity contribution in [1.29, 1.82) is 0 Å². The highest BCUT2D eigenvalue weighted by atomic mass is 16.2. The maximum absolute atomic E-state index is 11.9. The fourth-order valence-corrected chi connectivity index (χ4v) is 2.30. The van der Waals surface area contributed by atoms with E-state index in [1.54, 1.807) is 12.1 Å². The molecule has 0 bridgehead atoms. The van der Waals surface area contributed by atoms with Gasteiger partial charge in [-0.15, -0.1) is 0 Å². The molecular weight excluding hydrogens is 254 g/mol. The number of amides is 2. The molecule has 5 nitrogen and oxygen atoms in total. The molecule has 5 heteroatoms. The summed E-state index contributed by atoms with van der Waals surface area (Å²) in [4.78, 5) is 25.6. The largest absolute Gasteiger partial charge is 0.352 e. The van der Waals surface area contributed by atoms with Crippen molar-refractivity contribution in [1.82, 2.24) is 10.2 Å². The summed E-state index contributed by atoms with van der Waals surface area (Å²) >= 11 is 0. The number of carbonyl (C=O) groups excluding carboxylic acids is 2. The first-order chi connectivity index (χ1) is 9.70. The normalized spacial score (nSPS) is 14.3. The molecule has 1 heterocycles. The van der Waals surface area contributed by atoms with Gasteiger partial charge in [0.05, 0.1) is 0 Å². The summed E-state index contributed by atoms with van der Waals surface area (Å²) in [7, 11) is 0. The number of hydrogen-bond acceptors (Lipinski definition) is 3. The van der Waals surface area contributed by atoms with E-state index in [1.165, 1.54) is 0 Å². The molecule has 2 rings (SSSR count). The number of likely N-dealkylation sites (tertiary alicyclic amines) is 1. The van der Waals surface area contributed by atoms with Gasteiger partial charge in [-0.05, 0) is 30.5 Å². The van der Waals surface area contributed by atoms with Gasteiger partial charge in [-0.2, -0.15) is 0 Å². The van der Waals surface area contributed by atoms with Gasteiger partial charge in [0, 0.05) is 38.2 Å². The van der Waals surface area contributed by atoms with Crippen LogP contribution in [0.2, 0.25) is 0 Å². The molecule has 0 unspecified atom stereocenters. The van der Waals surface area contributed by atoms with Gasteiger partial charge in [-0.1, -0.05) is 12.1 Å². The zero-order valence-corrected chi connectivity index (χ0v) is 11.6. The SMILES string of the molecule is NCc1ccc(C(=O)NCCC(=O)N2CCCC2)cc1. The van der Waals surface area contributed by atoms with Crippen LogP contribution in [0.3, 0.4) is 0 Å². The third-order valence-electron chi connectivity index (χ3n) is 3.54. The molecule has 20 heavy (non-hydrogen) atoms. The van der Waals surface area contributed by atoms with Gasteiger partial charge in [0.25, 0.3) is 5.91 Å². The van der Waals surface area contributed by atoms with Crippen LogP contribution in [-0.4, -0.2) is 36.3 Å². The lowest BCUT2D eigenvalue weighted by Gasteiger charge is -2.15. The van der Waals surface area contributed by atoms with Gasteiger partial charge in [0.2, 0.25) is 5.91 Å². The van der Waals surface area contributed by atoms with E-state index in [2.05, 4.69) is 5.32 Å². The van der Waals surface area contributed by atoms with Crippen LogP contribution in [0.5, 0.6) is 0 Å². The van der Waals surface area contributed by atoms with Gasteiger partial charge in [0.1, 0.15) is 0 Å². The molecular formula is C15H21N3O2. The van der Waals surface area contributed by atoms with Crippen molar-refractivity contribution in [2.45, 2.75) is 25.8 Å². The first-order valence-electron chi connectivity index (χ1n) is 7.05. The zero-order valence-electron chi connectivity index (χ0n) is 11.6. The topological polar surface area (TPSA) is 75.4 Å². The summed E-state index contributed by atoms with van der Waals surface area (Å²) in [6, 6.07) is 7.17. The van der Waals surface area contributed by atoms with E-state index in [0.717, 1.165) is 31.5 Å². The van der Waals surface area contributed by atoms with Crippen molar-refractivity contribution in [2.24, 2.45) is 5.73 Å². The van der Waals surface area contributed by atoms with E-state index >= 15 is 0 Å². The van der Waals surface area contributed by atoms with Crippen molar-refractivity contribution in [2.75, 3.05) is 19.6 Å². The molecule has 1 aliphatic heterocycles. The second-order valence-corrected chi connectivity index (χ2v) is 4.99. The number of carbonyl (C=O) groups is 2. The Labute approximate surface area is 119 Å². The lowest BCUT2D eigenvalue weighted by atomic mass is 10.1. The Bertz CT molecular complexity index is 465. The van der Waals surface area contributed by atoms with Crippen molar-refractivity contribution in [3.05, 3.63) is 35.4 Å². The Morgan fingerprint density at radius 3 is 2.40 bits per heavy atom. The van der Waals surface area contributed by atoms with E-state index < -0.39 is 0 Å². The van der Waals surface area contributed by atoms with Gasteiger partial charge in [-0.3, -0.25) is 9.59 Å². The van der Waals surface area contributed by atoms with Crippen LogP contribution in [0, 0.1) is 0 Å². The number of rotatable bonds is 5. The van der Waals surface area contributed by atoms with Crippen LogP contribution < -0.4 is 11.1 Å². The number of nitrogens with zero attached hydrogens (tertiary/aromatic N) is 1. The lowest BCUT2D eigenvalue weighted by Crippen LogP contribution is -2.32. The van der Waals surface area contributed by atoms with E-state index in [0.29, 0.717) is 25.1 Å². The molecule has 1 aromatic carbocycles. The highest BCUT2D eigenvalue weighted by Crippen LogP contribution is 2.08. The molecule has 0 aromatic heterocycles. The number of benzene rings is 1. The van der Waals surface area contributed by atoms with Gasteiger partial charge < -0.3 is 16.0 Å². The van der Waals surface area contributed by atoms with Crippen LogP contribution in [0.4, 0.5) is 0 Å². The Hall–Kier alpha value is -1.88. The molecule has 0 radical (unpaired) electrons. The second-order valence-electron chi connectivity index (χ2n) is 4.99. The van der Waals surface area contributed by atoms with Crippen molar-refractivity contribution in [3.63, 3.8) is 0 Å². The highest BCUT2D eigenvalue weighted by Gasteiger charge is 2.17. The average Bonchev–Trinajstić information content (AvgIpc) is 3.01. The maximum atomic E-state index is 11.9. The van der Waals surface area contributed by atoms with Crippen LogP contribution >= 0.6 is 0 Å². The summed E-state index contributed by atoms with van der Waals surface area (Å²) in [5, 5.41) is 2.77. The molecule has 0 atom stereocenters. The van der Waals surface area contributed by atoms with E-state index in [-0.39, 0.29) is 11.8 Å². The summed E-state index contributed by atoms with van der Waals surface area (Å²) in [6.45, 7) is 2.56. The molecule has 3 N–H and O–H groups in total. The molecule has 1 fully saturated rings. The minimum absolute atomic E-state index is 0.126. The summed E-state index contributed by atoms with van der Waals surface area (Å²) in [5.41, 5.74) is 7.09. The standard InChI is InChI=1S/C15H21N3O2/c16-11-12-3-5-13(6-4-12)15(20)17-8-7-14(19)18-9-1-2-10-18/h3-6H,1-2,7-11,16H2,(H,17,20). The number of nitrogens with two attached hydrogens (primary N) is 1. The first kappa shape index (κ1) is 14.5. The van der Waals surface area contributed by atoms with E-state index in [9.17, 15) is 9.59 Å². The van der Waals surface area contributed by atoms with Crippen molar-refractivity contribution < 1.29 is 9.59 Å². The Balaban J connectivity index is 1.75. The zero-order chi connectivity index (χ0) is 14.4. The number of nitrogens with one attached hydrogen (secondary N) is 1. The van der Waals surface area contributed by atoms with E-state index in [4.69, 9.17) is 5.73 Å². The second kappa shape index (κ2) is 7.05. The first-order valence-corrected chi connectivity index (χ1v) is 7.05. The quantitative estimate of drug-likeness (QED) is 0.838. The summed E-state index contributed by atoms with van der Waals surface area (Å²) in [6.07, 6.45) is 2.55.